The number of hydrogen-bond acceptors (Lipinski definition) is 2. The standard InChI is InChI=1S/C16H12BrNO2/c17-11-7-5-10(6-8-11)15(19)16(20)13-9-18-14-4-2-1-3-12(13)14/h1-9,15,18-19H. The van der Waals surface area contributed by atoms with E-state index in [0.717, 1.165) is 15.4 Å². The molecule has 0 fully saturated rings. The molecule has 3 nitrogen and oxygen atoms in total. The summed E-state index contributed by atoms with van der Waals surface area (Å²) in [6.45, 7) is 0. The number of Topliss-reactive ketones (excluding diaryl/α,β-unsaturated/α-hetero) is 1. The largest absolute Gasteiger partial charge is 0.380 e. The molecule has 1 atom stereocenters. The van der Waals surface area contributed by atoms with Crippen molar-refractivity contribution in [1.29, 1.82) is 0 Å². The highest BCUT2D eigenvalue weighted by Gasteiger charge is 2.21. The van der Waals surface area contributed by atoms with Crippen LogP contribution in [-0.2, 0) is 0 Å². The van der Waals surface area contributed by atoms with Crippen molar-refractivity contribution in [3.05, 3.63) is 70.3 Å². The number of halogens is 1. The predicted octanol–water partition coefficient (Wildman–Crippen LogP) is 3.85. The maximum Gasteiger partial charge on any atom is 0.197 e. The first-order valence-electron chi connectivity index (χ1n) is 6.20. The van der Waals surface area contributed by atoms with Gasteiger partial charge in [-0.05, 0) is 23.8 Å². The van der Waals surface area contributed by atoms with Crippen LogP contribution >= 0.6 is 15.9 Å². The highest BCUT2D eigenvalue weighted by atomic mass is 79.9. The van der Waals surface area contributed by atoms with E-state index >= 15 is 0 Å². The Morgan fingerprint density at radius 1 is 1.10 bits per heavy atom. The third kappa shape index (κ3) is 2.28. The Kier molecular flexibility index (Phi) is 3.42. The number of rotatable bonds is 3. The van der Waals surface area contributed by atoms with E-state index in [1.165, 1.54) is 0 Å². The van der Waals surface area contributed by atoms with Gasteiger partial charge in [-0.25, -0.2) is 0 Å². The number of aromatic nitrogens is 1. The lowest BCUT2D eigenvalue weighted by atomic mass is 10.00. The molecule has 3 aromatic rings. The summed E-state index contributed by atoms with van der Waals surface area (Å²) in [5.74, 6) is -0.301. The van der Waals surface area contributed by atoms with Crippen LogP contribution in [0.1, 0.15) is 22.0 Å². The summed E-state index contributed by atoms with van der Waals surface area (Å²) in [4.78, 5) is 15.5. The number of ketones is 1. The van der Waals surface area contributed by atoms with E-state index in [0.29, 0.717) is 11.1 Å². The Balaban J connectivity index is 1.97. The highest BCUT2D eigenvalue weighted by Crippen LogP contribution is 2.25. The molecule has 2 aromatic carbocycles. The lowest BCUT2D eigenvalue weighted by Gasteiger charge is -2.09. The lowest BCUT2D eigenvalue weighted by molar-refractivity contribution is 0.0749. The summed E-state index contributed by atoms with van der Waals surface area (Å²) in [5, 5.41) is 11.1. The van der Waals surface area contributed by atoms with Gasteiger partial charge in [0.25, 0.3) is 0 Å². The lowest BCUT2D eigenvalue weighted by Crippen LogP contribution is -2.11. The van der Waals surface area contributed by atoms with E-state index in [4.69, 9.17) is 0 Å². The van der Waals surface area contributed by atoms with Crippen LogP contribution in [0.2, 0.25) is 0 Å². The van der Waals surface area contributed by atoms with E-state index in [1.807, 2.05) is 24.3 Å². The minimum atomic E-state index is -1.15. The first-order chi connectivity index (χ1) is 9.66. The number of aromatic amines is 1. The topological polar surface area (TPSA) is 53.1 Å². The van der Waals surface area contributed by atoms with Gasteiger partial charge in [0.2, 0.25) is 0 Å². The molecule has 1 heterocycles. The summed E-state index contributed by atoms with van der Waals surface area (Å²) in [6, 6.07) is 14.6. The fraction of sp³-hybridized carbons (Fsp3) is 0.0625. The number of fused-ring (bicyclic) bond motifs is 1. The molecule has 4 heteroatoms. The van der Waals surface area contributed by atoms with Gasteiger partial charge >= 0.3 is 0 Å². The van der Waals surface area contributed by atoms with Crippen molar-refractivity contribution in [2.24, 2.45) is 0 Å². The molecular weight excluding hydrogens is 318 g/mol. The molecule has 20 heavy (non-hydrogen) atoms. The maximum absolute atomic E-state index is 12.4. The Morgan fingerprint density at radius 3 is 2.55 bits per heavy atom. The second-order valence-corrected chi connectivity index (χ2v) is 5.48. The van der Waals surface area contributed by atoms with Crippen LogP contribution in [0.5, 0.6) is 0 Å². The van der Waals surface area contributed by atoms with Gasteiger partial charge in [0, 0.05) is 27.1 Å². The Hall–Kier alpha value is -1.91. The van der Waals surface area contributed by atoms with Crippen LogP contribution < -0.4 is 0 Å². The van der Waals surface area contributed by atoms with Gasteiger partial charge in [0.1, 0.15) is 6.10 Å². The van der Waals surface area contributed by atoms with Gasteiger partial charge < -0.3 is 10.1 Å². The average molecular weight is 330 g/mol. The SMILES string of the molecule is O=C(c1c[nH]c2ccccc12)C(O)c1ccc(Br)cc1. The van der Waals surface area contributed by atoms with E-state index in [-0.39, 0.29) is 5.78 Å². The van der Waals surface area contributed by atoms with E-state index < -0.39 is 6.10 Å². The second-order valence-electron chi connectivity index (χ2n) is 4.57. The molecule has 3 rings (SSSR count). The summed E-state index contributed by atoms with van der Waals surface area (Å²) in [7, 11) is 0. The molecule has 2 N–H and O–H groups in total. The van der Waals surface area contributed by atoms with Crippen LogP contribution in [-0.4, -0.2) is 15.9 Å². The molecule has 0 aliphatic heterocycles. The number of nitrogens with one attached hydrogen (secondary N) is 1. The molecule has 0 aliphatic rings. The van der Waals surface area contributed by atoms with Crippen LogP contribution in [0.15, 0.2) is 59.2 Å². The minimum Gasteiger partial charge on any atom is -0.380 e. The van der Waals surface area contributed by atoms with Crippen molar-refractivity contribution in [3.8, 4) is 0 Å². The van der Waals surface area contributed by atoms with Crippen molar-refractivity contribution in [3.63, 3.8) is 0 Å². The number of aliphatic hydroxyl groups is 1. The van der Waals surface area contributed by atoms with Gasteiger partial charge in [0.15, 0.2) is 5.78 Å². The zero-order valence-electron chi connectivity index (χ0n) is 10.5. The van der Waals surface area contributed by atoms with Gasteiger partial charge in [0.05, 0.1) is 0 Å². The number of carbonyl (C=O) groups excluding carboxylic acids is 1. The summed E-state index contributed by atoms with van der Waals surface area (Å²) in [6.07, 6.45) is 0.497. The zero-order chi connectivity index (χ0) is 14.1. The normalized spacial score (nSPS) is 12.5. The molecule has 0 aliphatic carbocycles. The van der Waals surface area contributed by atoms with Crippen molar-refractivity contribution < 1.29 is 9.90 Å². The predicted molar refractivity (Wildman–Crippen MR) is 81.7 cm³/mol. The molecule has 1 aromatic heterocycles. The molecule has 1 unspecified atom stereocenters. The van der Waals surface area contributed by atoms with E-state index in [9.17, 15) is 9.90 Å². The van der Waals surface area contributed by atoms with E-state index in [1.54, 1.807) is 30.5 Å². The fourth-order valence-electron chi connectivity index (χ4n) is 2.22. The molecule has 100 valence electrons. The van der Waals surface area contributed by atoms with Gasteiger partial charge in [-0.15, -0.1) is 0 Å². The molecule has 0 bridgehead atoms. The number of aliphatic hydroxyl groups excluding tert-OH is 1. The van der Waals surface area contributed by atoms with Gasteiger partial charge in [-0.2, -0.15) is 0 Å². The maximum atomic E-state index is 12.4. The second kappa shape index (κ2) is 5.23. The summed E-state index contributed by atoms with van der Waals surface area (Å²) in [5.41, 5.74) is 1.98. The van der Waals surface area contributed by atoms with Crippen LogP contribution in [0, 0.1) is 0 Å². The van der Waals surface area contributed by atoms with E-state index in [2.05, 4.69) is 20.9 Å². The quantitative estimate of drug-likeness (QED) is 0.717. The Labute approximate surface area is 124 Å². The van der Waals surface area contributed by atoms with Crippen molar-refractivity contribution in [2.75, 3.05) is 0 Å². The molecule has 0 spiro atoms. The first-order valence-corrected chi connectivity index (χ1v) is 7.00. The van der Waals surface area contributed by atoms with Gasteiger partial charge in [-0.3, -0.25) is 4.79 Å². The number of H-pyrrole nitrogens is 1. The van der Waals surface area contributed by atoms with Crippen LogP contribution in [0.4, 0.5) is 0 Å². The van der Waals surface area contributed by atoms with Crippen molar-refractivity contribution >= 4 is 32.6 Å². The molecule has 0 radical (unpaired) electrons. The number of benzene rings is 2. The average Bonchev–Trinajstić information content (AvgIpc) is 2.90. The smallest absolute Gasteiger partial charge is 0.197 e. The van der Waals surface area contributed by atoms with Crippen LogP contribution in [0.3, 0.4) is 0 Å². The van der Waals surface area contributed by atoms with Gasteiger partial charge in [-0.1, -0.05) is 46.3 Å². The fourth-order valence-corrected chi connectivity index (χ4v) is 2.48. The number of hydrogen-bond donors (Lipinski definition) is 2. The third-order valence-corrected chi connectivity index (χ3v) is 3.82. The highest BCUT2D eigenvalue weighted by molar-refractivity contribution is 9.10. The minimum absolute atomic E-state index is 0.301. The number of carbonyl (C=O) groups is 1. The Morgan fingerprint density at radius 2 is 1.80 bits per heavy atom. The Bertz CT molecular complexity index is 762. The first kappa shape index (κ1) is 13.1. The summed E-state index contributed by atoms with van der Waals surface area (Å²) >= 11 is 3.33. The molecule has 0 amide bonds. The van der Waals surface area contributed by atoms with Crippen molar-refractivity contribution in [2.45, 2.75) is 6.10 Å². The third-order valence-electron chi connectivity index (χ3n) is 3.29. The zero-order valence-corrected chi connectivity index (χ0v) is 12.1. The number of para-hydroxylation sites is 1. The summed E-state index contributed by atoms with van der Waals surface area (Å²) < 4.78 is 0.910. The molecule has 0 saturated heterocycles. The van der Waals surface area contributed by atoms with Crippen molar-refractivity contribution in [1.82, 2.24) is 4.98 Å². The monoisotopic (exact) mass is 329 g/mol. The molecular formula is C16H12BrNO2. The van der Waals surface area contributed by atoms with Crippen LogP contribution in [0.25, 0.3) is 10.9 Å². The molecule has 0 saturated carbocycles.